The smallest absolute Gasteiger partial charge is 0.329 e. The molecule has 0 radical (unpaired) electrons. The van der Waals surface area contributed by atoms with Crippen LogP contribution in [0.2, 0.25) is 5.02 Å². The summed E-state index contributed by atoms with van der Waals surface area (Å²) in [7, 11) is 0. The molecule has 0 spiro atoms. The van der Waals surface area contributed by atoms with E-state index in [0.717, 1.165) is 0 Å². The fourth-order valence-electron chi connectivity index (χ4n) is 2.06. The van der Waals surface area contributed by atoms with Crippen LogP contribution in [-0.4, -0.2) is 35.1 Å². The van der Waals surface area contributed by atoms with Gasteiger partial charge < -0.3 is 14.6 Å². The second-order valence-electron chi connectivity index (χ2n) is 5.35. The van der Waals surface area contributed by atoms with Gasteiger partial charge in [-0.25, -0.2) is 4.79 Å². The first kappa shape index (κ1) is 19.3. The van der Waals surface area contributed by atoms with Crippen molar-refractivity contribution in [3.05, 3.63) is 52.4 Å². The minimum Gasteiger partial charge on any atom is -0.458 e. The van der Waals surface area contributed by atoms with Crippen molar-refractivity contribution >= 4 is 35.2 Å². The Morgan fingerprint density at radius 3 is 2.68 bits per heavy atom. The van der Waals surface area contributed by atoms with Gasteiger partial charge in [0.05, 0.1) is 0 Å². The Morgan fingerprint density at radius 1 is 1.36 bits per heavy atom. The Kier molecular flexibility index (Phi) is 7.33. The first-order valence-electron chi connectivity index (χ1n) is 7.64. The van der Waals surface area contributed by atoms with E-state index < -0.39 is 12.0 Å². The Labute approximate surface area is 155 Å². The van der Waals surface area contributed by atoms with Crippen molar-refractivity contribution in [1.29, 1.82) is 0 Å². The predicted molar refractivity (Wildman–Crippen MR) is 96.7 cm³/mol. The van der Waals surface area contributed by atoms with E-state index in [9.17, 15) is 9.59 Å². The molecule has 0 saturated heterocycles. The lowest BCUT2D eigenvalue weighted by Crippen LogP contribution is -2.42. The van der Waals surface area contributed by atoms with E-state index >= 15 is 0 Å². The molecule has 0 unspecified atom stereocenters. The summed E-state index contributed by atoms with van der Waals surface area (Å²) in [5.41, 5.74) is 0.956. The quantitative estimate of drug-likeness (QED) is 0.706. The van der Waals surface area contributed by atoms with Gasteiger partial charge in [0.2, 0.25) is 0 Å². The molecule has 6 nitrogen and oxygen atoms in total. The maximum Gasteiger partial charge on any atom is 0.329 e. The molecule has 0 aliphatic rings. The molecule has 1 aromatic carbocycles. The molecule has 8 heteroatoms. The van der Waals surface area contributed by atoms with Gasteiger partial charge >= 0.3 is 5.97 Å². The van der Waals surface area contributed by atoms with Crippen molar-refractivity contribution in [2.45, 2.75) is 26.0 Å². The van der Waals surface area contributed by atoms with Gasteiger partial charge in [-0.1, -0.05) is 16.8 Å². The maximum absolute atomic E-state index is 12.3. The number of thioether (sulfide) groups is 1. The molecule has 1 N–H and O–H groups in total. The third-order valence-corrected chi connectivity index (χ3v) is 4.24. The van der Waals surface area contributed by atoms with Crippen molar-refractivity contribution in [2.24, 2.45) is 0 Å². The van der Waals surface area contributed by atoms with Crippen molar-refractivity contribution < 1.29 is 18.8 Å². The number of ether oxygens (including phenoxy) is 1. The largest absolute Gasteiger partial charge is 0.458 e. The van der Waals surface area contributed by atoms with Gasteiger partial charge in [-0.05, 0) is 49.6 Å². The summed E-state index contributed by atoms with van der Waals surface area (Å²) in [6, 6.07) is 7.41. The van der Waals surface area contributed by atoms with E-state index in [1.807, 2.05) is 6.26 Å². The molecular formula is C17H19ClN2O4S. The maximum atomic E-state index is 12.3. The molecule has 2 aromatic rings. The number of aromatic nitrogens is 1. The Bertz CT molecular complexity index is 718. The van der Waals surface area contributed by atoms with Gasteiger partial charge in [-0.3, -0.25) is 4.79 Å². The Hall–Kier alpha value is -1.99. The van der Waals surface area contributed by atoms with Crippen LogP contribution in [0.25, 0.3) is 0 Å². The highest BCUT2D eigenvalue weighted by molar-refractivity contribution is 7.98. The number of hydrogen-bond acceptors (Lipinski definition) is 6. The lowest BCUT2D eigenvalue weighted by Gasteiger charge is -2.17. The number of hydrogen-bond donors (Lipinski definition) is 1. The van der Waals surface area contributed by atoms with Gasteiger partial charge in [0.15, 0.2) is 0 Å². The zero-order valence-corrected chi connectivity index (χ0v) is 15.5. The van der Waals surface area contributed by atoms with Gasteiger partial charge in [-0.15, -0.1) is 0 Å². The average Bonchev–Trinajstić information content (AvgIpc) is 3.02. The van der Waals surface area contributed by atoms with Crippen LogP contribution in [0.4, 0.5) is 0 Å². The number of carbonyl (C=O) groups excluding carboxylic acids is 2. The van der Waals surface area contributed by atoms with Gasteiger partial charge in [0, 0.05) is 16.7 Å². The van der Waals surface area contributed by atoms with Crippen molar-refractivity contribution in [3.8, 4) is 0 Å². The van der Waals surface area contributed by atoms with Crippen LogP contribution in [0.15, 0.2) is 34.9 Å². The summed E-state index contributed by atoms with van der Waals surface area (Å²) in [4.78, 5) is 24.6. The number of rotatable bonds is 8. The number of aryl methyl sites for hydroxylation is 1. The number of nitrogens with one attached hydrogen (secondary N) is 1. The Balaban J connectivity index is 1.97. The highest BCUT2D eigenvalue weighted by Crippen LogP contribution is 2.11. The zero-order chi connectivity index (χ0) is 18.2. The third kappa shape index (κ3) is 6.10. The van der Waals surface area contributed by atoms with E-state index in [-0.39, 0.29) is 12.5 Å². The van der Waals surface area contributed by atoms with Crippen molar-refractivity contribution in [3.63, 3.8) is 0 Å². The monoisotopic (exact) mass is 382 g/mol. The molecule has 0 fully saturated rings. The van der Waals surface area contributed by atoms with E-state index in [2.05, 4.69) is 10.5 Å². The van der Waals surface area contributed by atoms with E-state index in [1.54, 1.807) is 49.0 Å². The van der Waals surface area contributed by atoms with Crippen molar-refractivity contribution in [1.82, 2.24) is 10.5 Å². The predicted octanol–water partition coefficient (Wildman–Crippen LogP) is 3.23. The number of halogens is 1. The van der Waals surface area contributed by atoms with Crippen LogP contribution in [0.1, 0.15) is 28.2 Å². The summed E-state index contributed by atoms with van der Waals surface area (Å²) in [6.07, 6.45) is 2.40. The van der Waals surface area contributed by atoms with E-state index in [1.165, 1.54) is 0 Å². The van der Waals surface area contributed by atoms with Crippen LogP contribution in [0.5, 0.6) is 0 Å². The summed E-state index contributed by atoms with van der Waals surface area (Å²) >= 11 is 7.41. The zero-order valence-electron chi connectivity index (χ0n) is 14.0. The fourth-order valence-corrected chi connectivity index (χ4v) is 2.66. The molecule has 1 atom stereocenters. The lowest BCUT2D eigenvalue weighted by atomic mass is 10.1. The standard InChI is InChI=1S/C17H19ClN2O4S/c1-11-9-14(20-24-11)10-23-17(22)15(7-8-25-2)19-16(21)12-3-5-13(18)6-4-12/h3-6,9,15H,7-8,10H2,1-2H3,(H,19,21)/t15-/m1/s1. The molecule has 0 bridgehead atoms. The average molecular weight is 383 g/mol. The summed E-state index contributed by atoms with van der Waals surface area (Å²) in [5.74, 6) is 0.499. The van der Waals surface area contributed by atoms with Gasteiger partial charge in [0.25, 0.3) is 5.91 Å². The number of amides is 1. The topological polar surface area (TPSA) is 81.4 Å². The summed E-state index contributed by atoms with van der Waals surface area (Å²) in [6.45, 7) is 1.76. The number of carbonyl (C=O) groups is 2. The molecule has 0 aliphatic heterocycles. The SMILES string of the molecule is CSCC[C@@H](NC(=O)c1ccc(Cl)cc1)C(=O)OCc1cc(C)on1. The molecule has 134 valence electrons. The van der Waals surface area contributed by atoms with Gasteiger partial charge in [0.1, 0.15) is 24.1 Å². The first-order chi connectivity index (χ1) is 12.0. The van der Waals surface area contributed by atoms with Crippen LogP contribution in [-0.2, 0) is 16.1 Å². The minimum atomic E-state index is -0.733. The highest BCUT2D eigenvalue weighted by Gasteiger charge is 2.23. The molecule has 1 aromatic heterocycles. The van der Waals surface area contributed by atoms with Crippen LogP contribution < -0.4 is 5.32 Å². The molecular weight excluding hydrogens is 364 g/mol. The fraction of sp³-hybridized carbons (Fsp3) is 0.353. The molecule has 1 heterocycles. The molecule has 1 amide bonds. The van der Waals surface area contributed by atoms with Crippen molar-refractivity contribution in [2.75, 3.05) is 12.0 Å². The van der Waals surface area contributed by atoms with E-state index in [0.29, 0.717) is 34.2 Å². The second-order valence-corrected chi connectivity index (χ2v) is 6.77. The molecule has 0 saturated carbocycles. The minimum absolute atomic E-state index is 0.00273. The van der Waals surface area contributed by atoms with Crippen LogP contribution in [0.3, 0.4) is 0 Å². The molecule has 2 rings (SSSR count). The first-order valence-corrected chi connectivity index (χ1v) is 9.41. The number of nitrogens with zero attached hydrogens (tertiary/aromatic N) is 1. The summed E-state index contributed by atoms with van der Waals surface area (Å²) < 4.78 is 10.2. The van der Waals surface area contributed by atoms with Crippen LogP contribution in [0, 0.1) is 6.92 Å². The van der Waals surface area contributed by atoms with E-state index in [4.69, 9.17) is 20.9 Å². The third-order valence-electron chi connectivity index (χ3n) is 3.35. The molecule has 25 heavy (non-hydrogen) atoms. The van der Waals surface area contributed by atoms with Crippen LogP contribution >= 0.6 is 23.4 Å². The highest BCUT2D eigenvalue weighted by atomic mass is 35.5. The number of benzene rings is 1. The van der Waals surface area contributed by atoms with Gasteiger partial charge in [-0.2, -0.15) is 11.8 Å². The normalized spacial score (nSPS) is 11.8. The lowest BCUT2D eigenvalue weighted by molar-refractivity contribution is -0.147. The number of esters is 1. The second kappa shape index (κ2) is 9.48. The summed E-state index contributed by atoms with van der Waals surface area (Å²) in [5, 5.41) is 7.02. The Morgan fingerprint density at radius 2 is 2.08 bits per heavy atom. The molecule has 0 aliphatic carbocycles.